The number of rotatable bonds is 4. The first-order valence-electron chi connectivity index (χ1n) is 5.30. The van der Waals surface area contributed by atoms with E-state index in [1.165, 1.54) is 0 Å². The third kappa shape index (κ3) is 2.43. The Morgan fingerprint density at radius 1 is 1.17 bits per heavy atom. The van der Waals surface area contributed by atoms with E-state index in [4.69, 9.17) is 8.94 Å². The Hall–Kier alpha value is -2.08. The summed E-state index contributed by atoms with van der Waals surface area (Å²) in [4.78, 5) is 9.38. The monoisotopic (exact) mass is 259 g/mol. The fourth-order valence-electron chi connectivity index (χ4n) is 1.40. The summed E-state index contributed by atoms with van der Waals surface area (Å²) in [5, 5.41) is 3.90. The molecule has 3 heterocycles. The third-order valence-corrected chi connectivity index (χ3v) is 3.26. The highest BCUT2D eigenvalue weighted by Crippen LogP contribution is 2.22. The second kappa shape index (κ2) is 5.05. The molecule has 0 fully saturated rings. The molecule has 0 saturated heterocycles. The van der Waals surface area contributed by atoms with Crippen LogP contribution in [0.3, 0.4) is 0 Å². The molecule has 0 aliphatic rings. The first kappa shape index (κ1) is 11.0. The van der Waals surface area contributed by atoms with Crippen molar-refractivity contribution in [1.29, 1.82) is 0 Å². The molecule has 0 N–H and O–H groups in total. The highest BCUT2D eigenvalue weighted by atomic mass is 32.2. The predicted molar refractivity (Wildman–Crippen MR) is 65.8 cm³/mol. The van der Waals surface area contributed by atoms with E-state index in [0.29, 0.717) is 17.5 Å². The zero-order valence-corrected chi connectivity index (χ0v) is 10.1. The molecule has 18 heavy (non-hydrogen) atoms. The number of hydrogen-bond acceptors (Lipinski definition) is 6. The normalized spacial score (nSPS) is 10.7. The van der Waals surface area contributed by atoms with Gasteiger partial charge in [-0.1, -0.05) is 5.16 Å². The fourth-order valence-corrected chi connectivity index (χ4v) is 2.12. The van der Waals surface area contributed by atoms with Gasteiger partial charge in [0.25, 0.3) is 0 Å². The van der Waals surface area contributed by atoms with E-state index in [1.807, 2.05) is 12.1 Å². The first-order chi connectivity index (χ1) is 8.92. The van der Waals surface area contributed by atoms with E-state index in [0.717, 1.165) is 10.5 Å². The van der Waals surface area contributed by atoms with Gasteiger partial charge in [0.1, 0.15) is 6.26 Å². The van der Waals surface area contributed by atoms with Gasteiger partial charge in [0.15, 0.2) is 0 Å². The van der Waals surface area contributed by atoms with Crippen LogP contribution in [0.4, 0.5) is 0 Å². The van der Waals surface area contributed by atoms with Crippen LogP contribution in [0.2, 0.25) is 0 Å². The Balaban J connectivity index is 1.68. The molecule has 6 heteroatoms. The summed E-state index contributed by atoms with van der Waals surface area (Å²) in [7, 11) is 0. The molecular weight excluding hydrogens is 250 g/mol. The van der Waals surface area contributed by atoms with Crippen LogP contribution < -0.4 is 0 Å². The van der Waals surface area contributed by atoms with Crippen LogP contribution in [0.25, 0.3) is 11.4 Å². The van der Waals surface area contributed by atoms with E-state index in [1.54, 1.807) is 42.7 Å². The topological polar surface area (TPSA) is 65.0 Å². The van der Waals surface area contributed by atoms with E-state index in [9.17, 15) is 0 Å². The van der Waals surface area contributed by atoms with E-state index in [2.05, 4.69) is 15.1 Å². The van der Waals surface area contributed by atoms with Crippen molar-refractivity contribution in [3.8, 4) is 11.4 Å². The smallest absolute Gasteiger partial charge is 0.237 e. The molecule has 0 atom stereocenters. The molecule has 0 bridgehead atoms. The molecule has 0 radical (unpaired) electrons. The molecule has 90 valence electrons. The van der Waals surface area contributed by atoms with E-state index >= 15 is 0 Å². The van der Waals surface area contributed by atoms with Gasteiger partial charge in [-0.25, -0.2) is 0 Å². The van der Waals surface area contributed by atoms with Crippen LogP contribution in [-0.2, 0) is 5.75 Å². The van der Waals surface area contributed by atoms with Gasteiger partial charge >= 0.3 is 0 Å². The average Bonchev–Trinajstić information content (AvgIpc) is 3.08. The van der Waals surface area contributed by atoms with Gasteiger partial charge < -0.3 is 8.94 Å². The predicted octanol–water partition coefficient (Wildman–Crippen LogP) is 3.02. The molecule has 0 amide bonds. The summed E-state index contributed by atoms with van der Waals surface area (Å²) >= 11 is 1.62. The highest BCUT2D eigenvalue weighted by molar-refractivity contribution is 7.98. The van der Waals surface area contributed by atoms with Gasteiger partial charge in [0.05, 0.1) is 17.6 Å². The molecule has 0 spiro atoms. The fraction of sp³-hybridized carbons (Fsp3) is 0.0833. The van der Waals surface area contributed by atoms with Crippen LogP contribution in [0, 0.1) is 0 Å². The van der Waals surface area contributed by atoms with E-state index in [-0.39, 0.29) is 0 Å². The SMILES string of the molecule is c1cc(SCc2nc(-c3ccoc3)no2)ccn1. The maximum atomic E-state index is 5.17. The van der Waals surface area contributed by atoms with Crippen molar-refractivity contribution in [1.82, 2.24) is 15.1 Å². The summed E-state index contributed by atoms with van der Waals surface area (Å²) in [6.45, 7) is 0. The number of furan rings is 1. The lowest BCUT2D eigenvalue weighted by Crippen LogP contribution is -1.81. The summed E-state index contributed by atoms with van der Waals surface area (Å²) < 4.78 is 10.1. The molecule has 3 rings (SSSR count). The Kier molecular flexibility index (Phi) is 3.10. The molecule has 0 aliphatic carbocycles. The van der Waals surface area contributed by atoms with Crippen molar-refractivity contribution >= 4 is 11.8 Å². The summed E-state index contributed by atoms with van der Waals surface area (Å²) in [6.07, 6.45) is 6.68. The van der Waals surface area contributed by atoms with Crippen molar-refractivity contribution in [2.45, 2.75) is 10.6 Å². The minimum absolute atomic E-state index is 0.550. The van der Waals surface area contributed by atoms with Crippen molar-refractivity contribution in [2.24, 2.45) is 0 Å². The number of nitrogens with zero attached hydrogens (tertiary/aromatic N) is 3. The Labute approximate surface area is 107 Å². The quantitative estimate of drug-likeness (QED) is 0.671. The first-order valence-corrected chi connectivity index (χ1v) is 6.28. The van der Waals surface area contributed by atoms with Gasteiger partial charge in [-0.2, -0.15) is 4.98 Å². The number of hydrogen-bond donors (Lipinski definition) is 0. The Morgan fingerprint density at radius 3 is 2.83 bits per heavy atom. The highest BCUT2D eigenvalue weighted by Gasteiger charge is 2.09. The number of pyridine rings is 1. The third-order valence-electron chi connectivity index (χ3n) is 2.26. The zero-order chi connectivity index (χ0) is 12.2. The van der Waals surface area contributed by atoms with Crippen LogP contribution >= 0.6 is 11.8 Å². The summed E-state index contributed by atoms with van der Waals surface area (Å²) in [6, 6.07) is 5.68. The van der Waals surface area contributed by atoms with Crippen LogP contribution in [0.5, 0.6) is 0 Å². The molecule has 0 unspecified atom stereocenters. The Bertz CT molecular complexity index is 607. The standard InChI is InChI=1S/C12H9N3O2S/c1-4-13-5-2-10(1)18-8-11-14-12(15-17-11)9-3-6-16-7-9/h1-7H,8H2. The number of aromatic nitrogens is 3. The largest absolute Gasteiger partial charge is 0.472 e. The molecule has 0 aromatic carbocycles. The van der Waals surface area contributed by atoms with Gasteiger partial charge in [-0.15, -0.1) is 11.8 Å². The van der Waals surface area contributed by atoms with Crippen LogP contribution in [-0.4, -0.2) is 15.1 Å². The van der Waals surface area contributed by atoms with Gasteiger partial charge in [-0.05, 0) is 18.2 Å². The van der Waals surface area contributed by atoms with Crippen LogP contribution in [0.1, 0.15) is 5.89 Å². The summed E-state index contributed by atoms with van der Waals surface area (Å²) in [5.74, 6) is 1.77. The van der Waals surface area contributed by atoms with Crippen molar-refractivity contribution < 1.29 is 8.94 Å². The van der Waals surface area contributed by atoms with Crippen molar-refractivity contribution in [3.05, 3.63) is 49.0 Å². The maximum absolute atomic E-state index is 5.17. The minimum Gasteiger partial charge on any atom is -0.472 e. The molecular formula is C12H9N3O2S. The van der Waals surface area contributed by atoms with Crippen molar-refractivity contribution in [3.63, 3.8) is 0 Å². The molecule has 5 nitrogen and oxygen atoms in total. The zero-order valence-electron chi connectivity index (χ0n) is 9.31. The van der Waals surface area contributed by atoms with Gasteiger partial charge in [-0.3, -0.25) is 4.98 Å². The second-order valence-electron chi connectivity index (χ2n) is 3.50. The lowest BCUT2D eigenvalue weighted by Gasteiger charge is -1.95. The summed E-state index contributed by atoms with van der Waals surface area (Å²) in [5.41, 5.74) is 0.818. The van der Waals surface area contributed by atoms with Gasteiger partial charge in [0.2, 0.25) is 11.7 Å². The Morgan fingerprint density at radius 2 is 2.06 bits per heavy atom. The van der Waals surface area contributed by atoms with E-state index < -0.39 is 0 Å². The van der Waals surface area contributed by atoms with Crippen molar-refractivity contribution in [2.75, 3.05) is 0 Å². The molecule has 0 saturated carbocycles. The number of thioether (sulfide) groups is 1. The lowest BCUT2D eigenvalue weighted by molar-refractivity contribution is 0.391. The molecule has 3 aromatic rings. The second-order valence-corrected chi connectivity index (χ2v) is 4.54. The lowest BCUT2D eigenvalue weighted by atomic mass is 10.3. The van der Waals surface area contributed by atoms with Crippen LogP contribution in [0.15, 0.2) is 57.0 Å². The minimum atomic E-state index is 0.550. The molecule has 3 aromatic heterocycles. The maximum Gasteiger partial charge on any atom is 0.237 e. The van der Waals surface area contributed by atoms with Gasteiger partial charge in [0, 0.05) is 17.3 Å². The molecule has 0 aliphatic heterocycles. The average molecular weight is 259 g/mol.